The van der Waals surface area contributed by atoms with Crippen molar-refractivity contribution in [2.24, 2.45) is 0 Å². The summed E-state index contributed by atoms with van der Waals surface area (Å²) >= 11 is 1.91. The number of halogens is 1. The van der Waals surface area contributed by atoms with Gasteiger partial charge in [-0.3, -0.25) is 0 Å². The topological polar surface area (TPSA) is 43.1 Å². The molecular formula is C17H14INO2. The van der Waals surface area contributed by atoms with Crippen LogP contribution in [0.2, 0.25) is 0 Å². The van der Waals surface area contributed by atoms with E-state index in [0.29, 0.717) is 14.8 Å². The number of benzene rings is 2. The van der Waals surface area contributed by atoms with Crippen LogP contribution in [-0.4, -0.2) is 4.98 Å². The Kier molecular flexibility index (Phi) is 3.57. The summed E-state index contributed by atoms with van der Waals surface area (Å²) in [5.74, 6) is 0. The van der Waals surface area contributed by atoms with Crippen molar-refractivity contribution in [3.05, 3.63) is 74.0 Å². The van der Waals surface area contributed by atoms with Gasteiger partial charge in [0, 0.05) is 28.0 Å². The lowest BCUT2D eigenvalue weighted by molar-refractivity contribution is 0.469. The second-order valence-electron chi connectivity index (χ2n) is 5.48. The van der Waals surface area contributed by atoms with Crippen molar-refractivity contribution in [1.29, 1.82) is 0 Å². The van der Waals surface area contributed by atoms with Gasteiger partial charge in [0.25, 0.3) is 3.90 Å². The number of fused-ring (bicyclic) bond motifs is 1. The zero-order valence-corrected chi connectivity index (χ0v) is 13.9. The highest BCUT2D eigenvalue weighted by Crippen LogP contribution is 2.32. The lowest BCUT2D eigenvalue weighted by atomic mass is 9.78. The van der Waals surface area contributed by atoms with Gasteiger partial charge in [-0.25, -0.2) is 9.78 Å². The summed E-state index contributed by atoms with van der Waals surface area (Å²) in [7, 11) is 0. The predicted molar refractivity (Wildman–Crippen MR) is 91.6 cm³/mol. The quantitative estimate of drug-likeness (QED) is 0.618. The molecule has 106 valence electrons. The van der Waals surface area contributed by atoms with Crippen LogP contribution in [0.25, 0.3) is 10.9 Å². The highest BCUT2D eigenvalue weighted by molar-refractivity contribution is 14.1. The van der Waals surface area contributed by atoms with Gasteiger partial charge in [-0.05, 0) is 23.3 Å². The van der Waals surface area contributed by atoms with E-state index in [-0.39, 0.29) is 11.0 Å². The van der Waals surface area contributed by atoms with Crippen molar-refractivity contribution >= 4 is 33.5 Å². The summed E-state index contributed by atoms with van der Waals surface area (Å²) < 4.78 is 5.45. The van der Waals surface area contributed by atoms with Gasteiger partial charge >= 0.3 is 5.63 Å². The Hall–Kier alpha value is -1.69. The fourth-order valence-electron chi connectivity index (χ4n) is 2.46. The fourth-order valence-corrected chi connectivity index (χ4v) is 2.92. The van der Waals surface area contributed by atoms with Crippen molar-refractivity contribution < 1.29 is 4.42 Å². The first-order valence-corrected chi connectivity index (χ1v) is 7.73. The average molecular weight is 391 g/mol. The standard InChI is InChI=1S/C17H14INO2/c1-17(2,11-6-4-3-5-7-11)12-8-9-14-13(10-12)15(20)21-16(18)19-14/h3-10H,1-2H3. The Labute approximate surface area is 136 Å². The Morgan fingerprint density at radius 2 is 1.76 bits per heavy atom. The molecule has 21 heavy (non-hydrogen) atoms. The van der Waals surface area contributed by atoms with Crippen LogP contribution in [0, 0.1) is 3.90 Å². The number of hydrogen-bond acceptors (Lipinski definition) is 3. The molecule has 0 radical (unpaired) electrons. The molecule has 0 unspecified atom stereocenters. The van der Waals surface area contributed by atoms with Crippen LogP contribution in [0.15, 0.2) is 57.7 Å². The monoisotopic (exact) mass is 391 g/mol. The second-order valence-corrected chi connectivity index (χ2v) is 6.40. The van der Waals surface area contributed by atoms with E-state index in [1.54, 1.807) is 0 Å². The fraction of sp³-hybridized carbons (Fsp3) is 0.176. The van der Waals surface area contributed by atoms with Crippen LogP contribution in [0.5, 0.6) is 0 Å². The summed E-state index contributed by atoms with van der Waals surface area (Å²) in [5.41, 5.74) is 2.41. The van der Waals surface area contributed by atoms with Gasteiger partial charge in [0.2, 0.25) is 0 Å². The molecule has 4 heteroatoms. The van der Waals surface area contributed by atoms with Gasteiger partial charge in [0.15, 0.2) is 0 Å². The zero-order chi connectivity index (χ0) is 15.0. The minimum Gasteiger partial charge on any atom is -0.398 e. The van der Waals surface area contributed by atoms with Crippen molar-refractivity contribution in [1.82, 2.24) is 4.98 Å². The number of hydrogen-bond donors (Lipinski definition) is 0. The number of nitrogens with zero attached hydrogens (tertiary/aromatic N) is 1. The molecule has 0 bridgehead atoms. The van der Waals surface area contributed by atoms with Gasteiger partial charge in [-0.15, -0.1) is 0 Å². The molecule has 0 aliphatic rings. The van der Waals surface area contributed by atoms with E-state index in [9.17, 15) is 4.79 Å². The molecule has 3 aromatic rings. The molecule has 0 amide bonds. The van der Waals surface area contributed by atoms with E-state index in [2.05, 4.69) is 31.0 Å². The highest BCUT2D eigenvalue weighted by Gasteiger charge is 2.23. The maximum Gasteiger partial charge on any atom is 0.347 e. The van der Waals surface area contributed by atoms with Gasteiger partial charge in [-0.2, -0.15) is 0 Å². The van der Waals surface area contributed by atoms with Crippen molar-refractivity contribution in [3.63, 3.8) is 0 Å². The van der Waals surface area contributed by atoms with Gasteiger partial charge < -0.3 is 4.42 Å². The molecule has 3 rings (SSSR count). The minimum atomic E-state index is -0.338. The minimum absolute atomic E-state index is 0.190. The third-order valence-corrected chi connectivity index (χ3v) is 4.28. The van der Waals surface area contributed by atoms with Crippen LogP contribution >= 0.6 is 22.6 Å². The first kappa shape index (κ1) is 14.3. The van der Waals surface area contributed by atoms with Crippen LogP contribution < -0.4 is 5.63 Å². The largest absolute Gasteiger partial charge is 0.398 e. The van der Waals surface area contributed by atoms with E-state index < -0.39 is 0 Å². The van der Waals surface area contributed by atoms with Crippen molar-refractivity contribution in [2.45, 2.75) is 19.3 Å². The Balaban J connectivity index is 2.20. The molecule has 0 N–H and O–H groups in total. The molecule has 0 aliphatic carbocycles. The van der Waals surface area contributed by atoms with Crippen molar-refractivity contribution in [2.75, 3.05) is 0 Å². The molecule has 3 nitrogen and oxygen atoms in total. The van der Waals surface area contributed by atoms with Gasteiger partial charge in [0.1, 0.15) is 0 Å². The lowest BCUT2D eigenvalue weighted by Crippen LogP contribution is -2.19. The van der Waals surface area contributed by atoms with Crippen LogP contribution in [0.1, 0.15) is 25.0 Å². The summed E-state index contributed by atoms with van der Waals surface area (Å²) in [6.07, 6.45) is 0. The summed E-state index contributed by atoms with van der Waals surface area (Å²) in [6, 6.07) is 16.0. The maximum atomic E-state index is 12.0. The third-order valence-electron chi connectivity index (χ3n) is 3.82. The van der Waals surface area contributed by atoms with E-state index >= 15 is 0 Å². The molecule has 0 saturated heterocycles. The molecule has 1 aromatic heterocycles. The van der Waals surface area contributed by atoms with Crippen LogP contribution in [0.4, 0.5) is 0 Å². The molecule has 0 saturated carbocycles. The van der Waals surface area contributed by atoms with E-state index in [1.807, 2.05) is 59.0 Å². The maximum absolute atomic E-state index is 12.0. The number of rotatable bonds is 2. The Morgan fingerprint density at radius 1 is 1.05 bits per heavy atom. The predicted octanol–water partition coefficient (Wildman–Crippen LogP) is 4.12. The summed E-state index contributed by atoms with van der Waals surface area (Å²) in [5, 5.41) is 0.525. The second kappa shape index (κ2) is 5.26. The molecular weight excluding hydrogens is 377 g/mol. The number of aromatic nitrogens is 1. The molecule has 2 aromatic carbocycles. The molecule has 0 atom stereocenters. The van der Waals surface area contributed by atoms with Crippen molar-refractivity contribution in [3.8, 4) is 0 Å². The first-order valence-electron chi connectivity index (χ1n) is 6.65. The van der Waals surface area contributed by atoms with E-state index in [4.69, 9.17) is 4.42 Å². The lowest BCUT2D eigenvalue weighted by Gasteiger charge is -2.26. The third kappa shape index (κ3) is 2.60. The van der Waals surface area contributed by atoms with E-state index in [0.717, 1.165) is 5.56 Å². The first-order chi connectivity index (χ1) is 9.98. The molecule has 1 heterocycles. The Morgan fingerprint density at radius 3 is 2.48 bits per heavy atom. The molecule has 0 spiro atoms. The van der Waals surface area contributed by atoms with E-state index in [1.165, 1.54) is 5.56 Å². The smallest absolute Gasteiger partial charge is 0.347 e. The normalized spacial score (nSPS) is 11.8. The van der Waals surface area contributed by atoms with Crippen LogP contribution in [0.3, 0.4) is 0 Å². The highest BCUT2D eigenvalue weighted by atomic mass is 127. The zero-order valence-electron chi connectivity index (χ0n) is 11.8. The Bertz CT molecular complexity index is 854. The average Bonchev–Trinajstić information content (AvgIpc) is 2.47. The van der Waals surface area contributed by atoms with Crippen LogP contribution in [-0.2, 0) is 5.41 Å². The molecule has 0 fully saturated rings. The van der Waals surface area contributed by atoms with Gasteiger partial charge in [0.05, 0.1) is 10.9 Å². The summed E-state index contributed by atoms with van der Waals surface area (Å²) in [4.78, 5) is 16.3. The SMILES string of the molecule is CC(C)(c1ccccc1)c1ccc2nc(I)oc(=O)c2c1. The molecule has 0 aliphatic heterocycles. The summed E-state index contributed by atoms with van der Waals surface area (Å²) in [6.45, 7) is 4.29. The van der Waals surface area contributed by atoms with Gasteiger partial charge in [-0.1, -0.05) is 50.2 Å².